The van der Waals surface area contributed by atoms with Gasteiger partial charge in [0.25, 0.3) is 0 Å². The lowest BCUT2D eigenvalue weighted by atomic mass is 9.97. The molecule has 1 aromatic carbocycles. The lowest BCUT2D eigenvalue weighted by molar-refractivity contribution is -0.148. The summed E-state index contributed by atoms with van der Waals surface area (Å²) in [6.07, 6.45) is 1.39. The third kappa shape index (κ3) is 3.93. The fourth-order valence-corrected chi connectivity index (χ4v) is 1.78. The van der Waals surface area contributed by atoms with Crippen LogP contribution in [0.2, 0.25) is 5.02 Å². The average Bonchev–Trinajstić information content (AvgIpc) is 2.30. The Morgan fingerprint density at radius 3 is 2.71 bits per heavy atom. The van der Waals surface area contributed by atoms with Crippen molar-refractivity contribution in [3.63, 3.8) is 0 Å². The normalized spacial score (nSPS) is 12.2. The van der Waals surface area contributed by atoms with Crippen molar-refractivity contribution in [2.24, 2.45) is 5.92 Å². The molecule has 1 unspecified atom stereocenters. The zero-order valence-corrected chi connectivity index (χ0v) is 11.0. The van der Waals surface area contributed by atoms with Crippen LogP contribution in [-0.2, 0) is 16.0 Å². The number of hydrogen-bond donors (Lipinski definition) is 1. The smallest absolute Gasteiger partial charge is 0.309 e. The molecule has 0 spiro atoms. The standard InChI is InChI=1S/C13H18ClNO2/c1-3-10(13(16)17-4-2)7-9-5-6-11(14)12(15)8-9/h5-6,8,10H,3-4,7,15H2,1-2H3. The number of nitrogen functional groups attached to an aromatic ring is 1. The molecule has 4 heteroatoms. The second-order valence-corrected chi connectivity index (χ2v) is 4.32. The van der Waals surface area contributed by atoms with Crippen LogP contribution in [0.3, 0.4) is 0 Å². The third-order valence-electron chi connectivity index (χ3n) is 2.66. The summed E-state index contributed by atoms with van der Waals surface area (Å²) in [6, 6.07) is 5.45. The van der Waals surface area contributed by atoms with Gasteiger partial charge < -0.3 is 10.5 Å². The molecular formula is C13H18ClNO2. The van der Waals surface area contributed by atoms with Crippen LogP contribution in [0, 0.1) is 5.92 Å². The first-order chi connectivity index (χ1) is 8.08. The molecule has 0 aliphatic rings. The number of nitrogens with two attached hydrogens (primary N) is 1. The Kier molecular flexibility index (Phi) is 5.29. The Balaban J connectivity index is 2.73. The summed E-state index contributed by atoms with van der Waals surface area (Å²) in [7, 11) is 0. The van der Waals surface area contributed by atoms with Crippen LogP contribution >= 0.6 is 11.6 Å². The van der Waals surface area contributed by atoms with Crippen LogP contribution < -0.4 is 5.73 Å². The number of ether oxygens (including phenoxy) is 1. The Morgan fingerprint density at radius 1 is 1.47 bits per heavy atom. The molecule has 0 bridgehead atoms. The zero-order valence-electron chi connectivity index (χ0n) is 10.2. The van der Waals surface area contributed by atoms with Gasteiger partial charge in [0.1, 0.15) is 0 Å². The summed E-state index contributed by atoms with van der Waals surface area (Å²) < 4.78 is 5.02. The number of halogens is 1. The second kappa shape index (κ2) is 6.50. The monoisotopic (exact) mass is 255 g/mol. The predicted molar refractivity (Wildman–Crippen MR) is 70.0 cm³/mol. The highest BCUT2D eigenvalue weighted by Gasteiger charge is 2.18. The minimum Gasteiger partial charge on any atom is -0.466 e. The highest BCUT2D eigenvalue weighted by Crippen LogP contribution is 2.22. The molecule has 0 fully saturated rings. The molecule has 0 radical (unpaired) electrons. The SMILES string of the molecule is CCOC(=O)C(CC)Cc1ccc(Cl)c(N)c1. The third-order valence-corrected chi connectivity index (χ3v) is 3.00. The molecule has 0 aliphatic carbocycles. The van der Waals surface area contributed by atoms with Gasteiger partial charge in [-0.3, -0.25) is 4.79 Å². The molecule has 1 aromatic rings. The summed E-state index contributed by atoms with van der Waals surface area (Å²) in [6.45, 7) is 4.20. The van der Waals surface area contributed by atoms with Crippen molar-refractivity contribution in [2.45, 2.75) is 26.7 Å². The van der Waals surface area contributed by atoms with E-state index in [1.54, 1.807) is 6.07 Å². The van der Waals surface area contributed by atoms with E-state index in [0.29, 0.717) is 23.7 Å². The van der Waals surface area contributed by atoms with Crippen LogP contribution in [0.5, 0.6) is 0 Å². The molecule has 1 rings (SSSR count). The molecule has 0 saturated heterocycles. The highest BCUT2D eigenvalue weighted by molar-refractivity contribution is 6.33. The lowest BCUT2D eigenvalue weighted by Gasteiger charge is -2.14. The van der Waals surface area contributed by atoms with E-state index in [4.69, 9.17) is 22.1 Å². The van der Waals surface area contributed by atoms with Gasteiger partial charge in [-0.1, -0.05) is 24.6 Å². The number of rotatable bonds is 5. The van der Waals surface area contributed by atoms with Crippen LogP contribution in [0.25, 0.3) is 0 Å². The van der Waals surface area contributed by atoms with Crippen LogP contribution in [-0.4, -0.2) is 12.6 Å². The minimum absolute atomic E-state index is 0.115. The number of carbonyl (C=O) groups excluding carboxylic acids is 1. The summed E-state index contributed by atoms with van der Waals surface area (Å²) in [4.78, 5) is 11.7. The molecule has 0 aliphatic heterocycles. The Morgan fingerprint density at radius 2 is 2.18 bits per heavy atom. The van der Waals surface area contributed by atoms with Gasteiger partial charge in [-0.25, -0.2) is 0 Å². The Bertz CT molecular complexity index is 393. The lowest BCUT2D eigenvalue weighted by Crippen LogP contribution is -2.19. The summed E-state index contributed by atoms with van der Waals surface area (Å²) >= 11 is 5.85. The van der Waals surface area contributed by atoms with Gasteiger partial charge in [0, 0.05) is 0 Å². The Labute approximate surface area is 107 Å². The van der Waals surface area contributed by atoms with Crippen LogP contribution in [0.15, 0.2) is 18.2 Å². The number of carbonyl (C=O) groups is 1. The minimum atomic E-state index is -0.150. The van der Waals surface area contributed by atoms with Crippen molar-refractivity contribution < 1.29 is 9.53 Å². The van der Waals surface area contributed by atoms with Crippen molar-refractivity contribution in [2.75, 3.05) is 12.3 Å². The number of hydrogen-bond acceptors (Lipinski definition) is 3. The van der Waals surface area contributed by atoms with Crippen molar-refractivity contribution >= 4 is 23.3 Å². The van der Waals surface area contributed by atoms with Gasteiger partial charge in [0.05, 0.1) is 23.2 Å². The molecule has 3 nitrogen and oxygen atoms in total. The van der Waals surface area contributed by atoms with Crippen molar-refractivity contribution in [1.29, 1.82) is 0 Å². The molecule has 0 aromatic heterocycles. The molecular weight excluding hydrogens is 238 g/mol. The highest BCUT2D eigenvalue weighted by atomic mass is 35.5. The number of esters is 1. The van der Waals surface area contributed by atoms with Gasteiger partial charge in [0.15, 0.2) is 0 Å². The van der Waals surface area contributed by atoms with Gasteiger partial charge in [0.2, 0.25) is 0 Å². The van der Waals surface area contributed by atoms with Gasteiger partial charge in [-0.2, -0.15) is 0 Å². The van der Waals surface area contributed by atoms with E-state index < -0.39 is 0 Å². The average molecular weight is 256 g/mol. The van der Waals surface area contributed by atoms with Crippen LogP contribution in [0.4, 0.5) is 5.69 Å². The maximum absolute atomic E-state index is 11.7. The van der Waals surface area contributed by atoms with Gasteiger partial charge in [-0.15, -0.1) is 0 Å². The molecule has 0 heterocycles. The predicted octanol–water partition coefficient (Wildman–Crippen LogP) is 3.05. The maximum atomic E-state index is 11.7. The van der Waals surface area contributed by atoms with E-state index in [-0.39, 0.29) is 11.9 Å². The van der Waals surface area contributed by atoms with Crippen LogP contribution in [0.1, 0.15) is 25.8 Å². The van der Waals surface area contributed by atoms with E-state index in [1.165, 1.54) is 0 Å². The second-order valence-electron chi connectivity index (χ2n) is 3.92. The van der Waals surface area contributed by atoms with Gasteiger partial charge >= 0.3 is 5.97 Å². The first kappa shape index (κ1) is 13.8. The first-order valence-electron chi connectivity index (χ1n) is 5.79. The maximum Gasteiger partial charge on any atom is 0.309 e. The zero-order chi connectivity index (χ0) is 12.8. The molecule has 1 atom stereocenters. The van der Waals surface area contributed by atoms with E-state index >= 15 is 0 Å². The number of benzene rings is 1. The molecule has 0 amide bonds. The van der Waals surface area contributed by atoms with E-state index in [1.807, 2.05) is 26.0 Å². The first-order valence-corrected chi connectivity index (χ1v) is 6.16. The topological polar surface area (TPSA) is 52.3 Å². The molecule has 17 heavy (non-hydrogen) atoms. The molecule has 0 saturated carbocycles. The van der Waals surface area contributed by atoms with E-state index in [9.17, 15) is 4.79 Å². The van der Waals surface area contributed by atoms with Crippen molar-refractivity contribution in [1.82, 2.24) is 0 Å². The summed E-state index contributed by atoms with van der Waals surface area (Å²) in [5.41, 5.74) is 7.28. The fraction of sp³-hybridized carbons (Fsp3) is 0.462. The fourth-order valence-electron chi connectivity index (χ4n) is 1.66. The molecule has 2 N–H and O–H groups in total. The van der Waals surface area contributed by atoms with E-state index in [2.05, 4.69) is 0 Å². The summed E-state index contributed by atoms with van der Waals surface area (Å²) in [5.74, 6) is -0.265. The Hall–Kier alpha value is -1.22. The number of anilines is 1. The largest absolute Gasteiger partial charge is 0.466 e. The van der Waals surface area contributed by atoms with Crippen molar-refractivity contribution in [3.8, 4) is 0 Å². The quantitative estimate of drug-likeness (QED) is 0.650. The molecule has 94 valence electrons. The van der Waals surface area contributed by atoms with E-state index in [0.717, 1.165) is 12.0 Å². The summed E-state index contributed by atoms with van der Waals surface area (Å²) in [5, 5.41) is 0.540. The van der Waals surface area contributed by atoms with Gasteiger partial charge in [-0.05, 0) is 37.5 Å². The van der Waals surface area contributed by atoms with Crippen molar-refractivity contribution in [3.05, 3.63) is 28.8 Å².